The van der Waals surface area contributed by atoms with Gasteiger partial charge in [-0.05, 0) is 6.92 Å². The van der Waals surface area contributed by atoms with Crippen LogP contribution in [0.25, 0.3) is 11.3 Å². The van der Waals surface area contributed by atoms with Gasteiger partial charge < -0.3 is 4.42 Å². The summed E-state index contributed by atoms with van der Waals surface area (Å²) in [5.74, 6) is 0.729. The van der Waals surface area contributed by atoms with E-state index in [1.54, 1.807) is 6.20 Å². The Labute approximate surface area is 81.4 Å². The first-order chi connectivity index (χ1) is 6.79. The SMILES string of the molecule is Cc1ccc(-c2cnc(C=O)o2)cc1. The Morgan fingerprint density at radius 3 is 2.57 bits per heavy atom. The van der Waals surface area contributed by atoms with E-state index in [1.165, 1.54) is 5.56 Å². The number of hydrogen-bond donors (Lipinski definition) is 0. The Hall–Kier alpha value is -1.90. The number of nitrogens with zero attached hydrogens (tertiary/aromatic N) is 1. The van der Waals surface area contributed by atoms with Crippen molar-refractivity contribution in [2.75, 3.05) is 0 Å². The molecule has 0 radical (unpaired) electrons. The molecule has 0 unspecified atom stereocenters. The van der Waals surface area contributed by atoms with Gasteiger partial charge in [-0.2, -0.15) is 0 Å². The van der Waals surface area contributed by atoms with Gasteiger partial charge in [0.15, 0.2) is 5.76 Å². The molecule has 14 heavy (non-hydrogen) atoms. The van der Waals surface area contributed by atoms with Gasteiger partial charge in [-0.1, -0.05) is 29.8 Å². The van der Waals surface area contributed by atoms with E-state index < -0.39 is 0 Å². The normalized spacial score (nSPS) is 10.1. The third kappa shape index (κ3) is 1.57. The average molecular weight is 187 g/mol. The zero-order valence-corrected chi connectivity index (χ0v) is 7.73. The second-order valence-corrected chi connectivity index (χ2v) is 3.05. The molecule has 0 aliphatic rings. The van der Waals surface area contributed by atoms with Gasteiger partial charge in [-0.25, -0.2) is 4.98 Å². The van der Waals surface area contributed by atoms with Crippen molar-refractivity contribution in [3.05, 3.63) is 41.9 Å². The number of hydrogen-bond acceptors (Lipinski definition) is 3. The number of aryl methyl sites for hydroxylation is 1. The average Bonchev–Trinajstić information content (AvgIpc) is 2.67. The first-order valence-electron chi connectivity index (χ1n) is 4.27. The van der Waals surface area contributed by atoms with Gasteiger partial charge in [0.05, 0.1) is 6.20 Å². The topological polar surface area (TPSA) is 43.1 Å². The molecule has 0 saturated heterocycles. The van der Waals surface area contributed by atoms with Crippen LogP contribution in [0.5, 0.6) is 0 Å². The van der Waals surface area contributed by atoms with Gasteiger partial charge in [0, 0.05) is 5.56 Å². The van der Waals surface area contributed by atoms with E-state index in [2.05, 4.69) is 4.98 Å². The van der Waals surface area contributed by atoms with Gasteiger partial charge in [0.1, 0.15) is 0 Å². The fourth-order valence-corrected chi connectivity index (χ4v) is 1.19. The highest BCUT2D eigenvalue weighted by Gasteiger charge is 2.04. The van der Waals surface area contributed by atoms with Gasteiger partial charge >= 0.3 is 0 Å². The fraction of sp³-hybridized carbons (Fsp3) is 0.0909. The molecule has 0 bridgehead atoms. The van der Waals surface area contributed by atoms with Crippen molar-refractivity contribution < 1.29 is 9.21 Å². The molecule has 2 rings (SSSR count). The maximum atomic E-state index is 10.3. The Balaban J connectivity index is 2.39. The summed E-state index contributed by atoms with van der Waals surface area (Å²) >= 11 is 0. The van der Waals surface area contributed by atoms with Crippen molar-refractivity contribution in [2.24, 2.45) is 0 Å². The van der Waals surface area contributed by atoms with Crippen LogP contribution >= 0.6 is 0 Å². The number of aromatic nitrogens is 1. The summed E-state index contributed by atoms with van der Waals surface area (Å²) in [6.45, 7) is 2.01. The molecule has 2 aromatic rings. The maximum absolute atomic E-state index is 10.3. The van der Waals surface area contributed by atoms with Gasteiger partial charge in [0.2, 0.25) is 6.29 Å². The van der Waals surface area contributed by atoms with E-state index in [1.807, 2.05) is 31.2 Å². The first-order valence-corrected chi connectivity index (χ1v) is 4.27. The van der Waals surface area contributed by atoms with Crippen molar-refractivity contribution >= 4 is 6.29 Å². The third-order valence-electron chi connectivity index (χ3n) is 1.96. The minimum Gasteiger partial charge on any atom is -0.434 e. The van der Waals surface area contributed by atoms with Crippen molar-refractivity contribution in [3.63, 3.8) is 0 Å². The molecular weight excluding hydrogens is 178 g/mol. The summed E-state index contributed by atoms with van der Waals surface area (Å²) in [7, 11) is 0. The predicted octanol–water partition coefficient (Wildman–Crippen LogP) is 2.46. The van der Waals surface area contributed by atoms with Gasteiger partial charge in [-0.15, -0.1) is 0 Å². The second kappa shape index (κ2) is 3.46. The van der Waals surface area contributed by atoms with Crippen molar-refractivity contribution in [1.82, 2.24) is 4.98 Å². The molecule has 0 aliphatic heterocycles. The minimum absolute atomic E-state index is 0.112. The van der Waals surface area contributed by atoms with E-state index >= 15 is 0 Å². The standard InChI is InChI=1S/C11H9NO2/c1-8-2-4-9(5-3-8)10-6-12-11(7-13)14-10/h2-7H,1H3. The highest BCUT2D eigenvalue weighted by molar-refractivity contribution is 5.69. The largest absolute Gasteiger partial charge is 0.434 e. The molecule has 3 heteroatoms. The number of benzene rings is 1. The molecule has 1 aromatic heterocycles. The zero-order valence-electron chi connectivity index (χ0n) is 7.73. The summed E-state index contributed by atoms with van der Waals surface area (Å²) < 4.78 is 5.18. The Bertz CT molecular complexity index is 443. The second-order valence-electron chi connectivity index (χ2n) is 3.05. The molecule has 0 amide bonds. The fourth-order valence-electron chi connectivity index (χ4n) is 1.19. The van der Waals surface area contributed by atoms with Crippen LogP contribution in [0.4, 0.5) is 0 Å². The van der Waals surface area contributed by atoms with Gasteiger partial charge in [-0.3, -0.25) is 4.79 Å². The van der Waals surface area contributed by atoms with E-state index in [-0.39, 0.29) is 5.89 Å². The molecule has 70 valence electrons. The lowest BCUT2D eigenvalue weighted by atomic mass is 10.1. The number of oxazole rings is 1. The number of carbonyl (C=O) groups is 1. The van der Waals surface area contributed by atoms with Crippen LogP contribution in [0.1, 0.15) is 16.2 Å². The number of rotatable bonds is 2. The molecule has 3 nitrogen and oxygen atoms in total. The van der Waals surface area contributed by atoms with Crippen LogP contribution in [0.2, 0.25) is 0 Å². The molecule has 0 N–H and O–H groups in total. The molecule has 0 fully saturated rings. The summed E-state index contributed by atoms with van der Waals surface area (Å²) in [4.78, 5) is 14.1. The highest BCUT2D eigenvalue weighted by Crippen LogP contribution is 2.19. The highest BCUT2D eigenvalue weighted by atomic mass is 16.4. The van der Waals surface area contributed by atoms with Crippen LogP contribution in [0.3, 0.4) is 0 Å². The lowest BCUT2D eigenvalue weighted by molar-refractivity contribution is 0.109. The van der Waals surface area contributed by atoms with Crippen LogP contribution in [-0.4, -0.2) is 11.3 Å². The lowest BCUT2D eigenvalue weighted by Gasteiger charge is -1.95. The monoisotopic (exact) mass is 187 g/mol. The maximum Gasteiger partial charge on any atom is 0.260 e. The molecule has 0 saturated carbocycles. The van der Waals surface area contributed by atoms with Crippen LogP contribution in [-0.2, 0) is 0 Å². The molecule has 1 heterocycles. The Morgan fingerprint density at radius 1 is 1.29 bits per heavy atom. The van der Waals surface area contributed by atoms with Crippen LogP contribution in [0.15, 0.2) is 34.9 Å². The predicted molar refractivity (Wildman–Crippen MR) is 52.1 cm³/mol. The van der Waals surface area contributed by atoms with Gasteiger partial charge in [0.25, 0.3) is 5.89 Å². The zero-order chi connectivity index (χ0) is 9.97. The summed E-state index contributed by atoms with van der Waals surface area (Å²) in [6.07, 6.45) is 2.14. The minimum atomic E-state index is 0.112. The lowest BCUT2D eigenvalue weighted by Crippen LogP contribution is -1.75. The molecule has 1 aromatic carbocycles. The summed E-state index contributed by atoms with van der Waals surface area (Å²) in [5.41, 5.74) is 2.11. The first kappa shape index (κ1) is 8.69. The summed E-state index contributed by atoms with van der Waals surface area (Å²) in [6, 6.07) is 7.84. The van der Waals surface area contributed by atoms with E-state index in [9.17, 15) is 4.79 Å². The number of carbonyl (C=O) groups excluding carboxylic acids is 1. The van der Waals surface area contributed by atoms with Crippen LogP contribution < -0.4 is 0 Å². The number of aldehydes is 1. The van der Waals surface area contributed by atoms with E-state index in [0.29, 0.717) is 12.0 Å². The third-order valence-corrected chi connectivity index (χ3v) is 1.96. The van der Waals surface area contributed by atoms with Crippen molar-refractivity contribution in [3.8, 4) is 11.3 Å². The van der Waals surface area contributed by atoms with Crippen LogP contribution in [0, 0.1) is 6.92 Å². The molecule has 0 atom stereocenters. The quantitative estimate of drug-likeness (QED) is 0.678. The van der Waals surface area contributed by atoms with Crippen molar-refractivity contribution in [2.45, 2.75) is 6.92 Å². The summed E-state index contributed by atoms with van der Waals surface area (Å²) in [5, 5.41) is 0. The molecule has 0 spiro atoms. The smallest absolute Gasteiger partial charge is 0.260 e. The molecule has 0 aliphatic carbocycles. The van der Waals surface area contributed by atoms with E-state index in [0.717, 1.165) is 5.56 Å². The Kier molecular flexibility index (Phi) is 2.14. The molecular formula is C11H9NO2. The van der Waals surface area contributed by atoms with Crippen molar-refractivity contribution in [1.29, 1.82) is 0 Å². The van der Waals surface area contributed by atoms with E-state index in [4.69, 9.17) is 4.42 Å². The Morgan fingerprint density at radius 2 is 2.00 bits per heavy atom.